The molecule has 0 aliphatic carbocycles. The summed E-state index contributed by atoms with van der Waals surface area (Å²) in [5.41, 5.74) is 1.40. The van der Waals surface area contributed by atoms with Crippen molar-refractivity contribution in [2.45, 2.75) is 6.10 Å². The first-order valence-corrected chi connectivity index (χ1v) is 7.93. The van der Waals surface area contributed by atoms with Crippen LogP contribution in [0.3, 0.4) is 0 Å². The number of nitrogens with one attached hydrogen (secondary N) is 1. The van der Waals surface area contributed by atoms with E-state index in [1.54, 1.807) is 24.3 Å². The summed E-state index contributed by atoms with van der Waals surface area (Å²) in [4.78, 5) is 12.5. The van der Waals surface area contributed by atoms with E-state index in [-0.39, 0.29) is 12.0 Å². The highest BCUT2D eigenvalue weighted by atomic mass is 16.6. The number of epoxide rings is 1. The van der Waals surface area contributed by atoms with E-state index in [9.17, 15) is 4.79 Å². The average Bonchev–Trinajstić information content (AvgIpc) is 3.45. The fraction of sp³-hybridized carbons (Fsp3) is 0.150. The lowest BCUT2D eigenvalue weighted by molar-refractivity contribution is 0.102. The molecular weight excluding hydrogens is 302 g/mol. The summed E-state index contributed by atoms with van der Waals surface area (Å²) in [7, 11) is 0. The molecule has 1 aliphatic rings. The number of hydrogen-bond acceptors (Lipinski definition) is 3. The molecule has 1 aliphatic heterocycles. The van der Waals surface area contributed by atoms with E-state index in [0.717, 1.165) is 28.8 Å². The van der Waals surface area contributed by atoms with Gasteiger partial charge in [0.15, 0.2) is 0 Å². The number of hydrogen-bond donors (Lipinski definition) is 1. The van der Waals surface area contributed by atoms with Crippen LogP contribution in [0.2, 0.25) is 0 Å². The van der Waals surface area contributed by atoms with Crippen molar-refractivity contribution in [1.29, 1.82) is 0 Å². The predicted molar refractivity (Wildman–Crippen MR) is 93.6 cm³/mol. The van der Waals surface area contributed by atoms with E-state index in [4.69, 9.17) is 9.47 Å². The molecule has 3 aromatic carbocycles. The van der Waals surface area contributed by atoms with E-state index >= 15 is 0 Å². The van der Waals surface area contributed by atoms with Crippen molar-refractivity contribution >= 4 is 22.4 Å². The SMILES string of the molecule is O=C(Nc1cccc2ccccc12)c1ccc(OCC2CO2)cc1. The van der Waals surface area contributed by atoms with Crippen LogP contribution < -0.4 is 10.1 Å². The van der Waals surface area contributed by atoms with Gasteiger partial charge in [0.1, 0.15) is 18.5 Å². The van der Waals surface area contributed by atoms with Gasteiger partial charge in [-0.2, -0.15) is 0 Å². The second kappa shape index (κ2) is 6.34. The Labute approximate surface area is 140 Å². The second-order valence-corrected chi connectivity index (χ2v) is 5.77. The molecule has 0 spiro atoms. The third-order valence-corrected chi connectivity index (χ3v) is 3.99. The van der Waals surface area contributed by atoms with Gasteiger partial charge < -0.3 is 14.8 Å². The van der Waals surface area contributed by atoms with Gasteiger partial charge in [-0.15, -0.1) is 0 Å². The molecule has 4 nitrogen and oxygen atoms in total. The highest BCUT2D eigenvalue weighted by Crippen LogP contribution is 2.24. The minimum Gasteiger partial charge on any atom is -0.491 e. The standard InChI is InChI=1S/C20H17NO3/c22-20(15-8-10-16(11-9-15)23-12-17-13-24-17)21-19-7-3-5-14-4-1-2-6-18(14)19/h1-11,17H,12-13H2,(H,21,22). The van der Waals surface area contributed by atoms with Gasteiger partial charge in [-0.25, -0.2) is 0 Å². The molecule has 3 aromatic rings. The van der Waals surface area contributed by atoms with E-state index < -0.39 is 0 Å². The first kappa shape index (κ1) is 14.7. The molecule has 1 N–H and O–H groups in total. The van der Waals surface area contributed by atoms with E-state index in [1.807, 2.05) is 42.5 Å². The Morgan fingerprint density at radius 2 is 1.79 bits per heavy atom. The second-order valence-electron chi connectivity index (χ2n) is 5.77. The van der Waals surface area contributed by atoms with E-state index in [2.05, 4.69) is 5.32 Å². The summed E-state index contributed by atoms with van der Waals surface area (Å²) in [6.07, 6.45) is 0.222. The van der Waals surface area contributed by atoms with Crippen molar-refractivity contribution in [2.75, 3.05) is 18.5 Å². The van der Waals surface area contributed by atoms with Crippen LogP contribution >= 0.6 is 0 Å². The number of fused-ring (bicyclic) bond motifs is 1. The maximum atomic E-state index is 12.5. The molecule has 4 rings (SSSR count). The Morgan fingerprint density at radius 3 is 2.58 bits per heavy atom. The molecule has 1 saturated heterocycles. The summed E-state index contributed by atoms with van der Waals surface area (Å²) in [6, 6.07) is 21.0. The smallest absolute Gasteiger partial charge is 0.255 e. The fourth-order valence-corrected chi connectivity index (χ4v) is 2.58. The summed E-state index contributed by atoms with van der Waals surface area (Å²) in [5, 5.41) is 5.11. The van der Waals surface area contributed by atoms with Crippen LogP contribution in [0.1, 0.15) is 10.4 Å². The molecule has 0 aromatic heterocycles. The Balaban J connectivity index is 1.48. The molecule has 1 unspecified atom stereocenters. The third kappa shape index (κ3) is 3.24. The van der Waals surface area contributed by atoms with Crippen molar-refractivity contribution in [1.82, 2.24) is 0 Å². The Kier molecular flexibility index (Phi) is 3.89. The predicted octanol–water partition coefficient (Wildman–Crippen LogP) is 3.87. The van der Waals surface area contributed by atoms with Crippen molar-refractivity contribution in [3.8, 4) is 5.75 Å². The monoisotopic (exact) mass is 319 g/mol. The maximum absolute atomic E-state index is 12.5. The van der Waals surface area contributed by atoms with Crippen molar-refractivity contribution in [2.24, 2.45) is 0 Å². The van der Waals surface area contributed by atoms with Crippen LogP contribution in [0.15, 0.2) is 66.7 Å². The summed E-state index contributed by atoms with van der Waals surface area (Å²) in [6.45, 7) is 1.33. The van der Waals surface area contributed by atoms with Crippen LogP contribution in [0.4, 0.5) is 5.69 Å². The zero-order valence-corrected chi connectivity index (χ0v) is 13.1. The number of ether oxygens (including phenoxy) is 2. The van der Waals surface area contributed by atoms with Gasteiger partial charge in [0.05, 0.1) is 6.61 Å². The summed E-state index contributed by atoms with van der Waals surface area (Å²) in [5.74, 6) is 0.607. The zero-order valence-electron chi connectivity index (χ0n) is 13.1. The largest absolute Gasteiger partial charge is 0.491 e. The minimum atomic E-state index is -0.136. The van der Waals surface area contributed by atoms with Crippen molar-refractivity contribution in [3.05, 3.63) is 72.3 Å². The number of carbonyl (C=O) groups is 1. The number of carbonyl (C=O) groups excluding carboxylic acids is 1. The highest BCUT2D eigenvalue weighted by molar-refractivity contribution is 6.09. The number of rotatable bonds is 5. The minimum absolute atomic E-state index is 0.136. The van der Waals surface area contributed by atoms with Gasteiger partial charge in [0.2, 0.25) is 0 Å². The van der Waals surface area contributed by atoms with Gasteiger partial charge in [-0.3, -0.25) is 4.79 Å². The third-order valence-electron chi connectivity index (χ3n) is 3.99. The molecule has 4 heteroatoms. The van der Waals surface area contributed by atoms with Crippen molar-refractivity contribution < 1.29 is 14.3 Å². The van der Waals surface area contributed by atoms with E-state index in [1.165, 1.54) is 0 Å². The van der Waals surface area contributed by atoms with Gasteiger partial charge >= 0.3 is 0 Å². The Bertz CT molecular complexity index is 864. The molecule has 1 fully saturated rings. The molecule has 0 saturated carbocycles. The molecule has 120 valence electrons. The van der Waals surface area contributed by atoms with Crippen LogP contribution in [0, 0.1) is 0 Å². The maximum Gasteiger partial charge on any atom is 0.255 e. The molecule has 1 heterocycles. The molecule has 1 amide bonds. The van der Waals surface area contributed by atoms with Crippen LogP contribution in [0.25, 0.3) is 10.8 Å². The van der Waals surface area contributed by atoms with Gasteiger partial charge in [0.25, 0.3) is 5.91 Å². The normalized spacial score (nSPS) is 15.9. The Morgan fingerprint density at radius 1 is 1.04 bits per heavy atom. The molecule has 24 heavy (non-hydrogen) atoms. The van der Waals surface area contributed by atoms with Crippen LogP contribution in [-0.4, -0.2) is 25.2 Å². The molecular formula is C20H17NO3. The molecule has 0 radical (unpaired) electrons. The van der Waals surface area contributed by atoms with Crippen LogP contribution in [-0.2, 0) is 4.74 Å². The number of amides is 1. The summed E-state index contributed by atoms with van der Waals surface area (Å²) >= 11 is 0. The lowest BCUT2D eigenvalue weighted by Gasteiger charge is -2.09. The molecule has 0 bridgehead atoms. The summed E-state index contributed by atoms with van der Waals surface area (Å²) < 4.78 is 10.7. The number of anilines is 1. The fourth-order valence-electron chi connectivity index (χ4n) is 2.58. The highest BCUT2D eigenvalue weighted by Gasteiger charge is 2.23. The van der Waals surface area contributed by atoms with Gasteiger partial charge in [-0.1, -0.05) is 36.4 Å². The van der Waals surface area contributed by atoms with Gasteiger partial charge in [-0.05, 0) is 35.7 Å². The zero-order chi connectivity index (χ0) is 16.4. The van der Waals surface area contributed by atoms with Crippen molar-refractivity contribution in [3.63, 3.8) is 0 Å². The average molecular weight is 319 g/mol. The van der Waals surface area contributed by atoms with E-state index in [0.29, 0.717) is 12.2 Å². The lowest BCUT2D eigenvalue weighted by Crippen LogP contribution is -2.12. The first-order chi connectivity index (χ1) is 11.8. The number of benzene rings is 3. The molecule has 1 atom stereocenters. The lowest BCUT2D eigenvalue weighted by atomic mass is 10.1. The van der Waals surface area contributed by atoms with Gasteiger partial charge in [0, 0.05) is 16.6 Å². The Hall–Kier alpha value is -2.85. The van der Waals surface area contributed by atoms with Crippen LogP contribution in [0.5, 0.6) is 5.75 Å². The quantitative estimate of drug-likeness (QED) is 0.726. The first-order valence-electron chi connectivity index (χ1n) is 7.93. The topological polar surface area (TPSA) is 50.9 Å².